The van der Waals surface area contributed by atoms with E-state index in [0.717, 1.165) is 11.6 Å². The highest BCUT2D eigenvalue weighted by atomic mass is 19.1. The minimum absolute atomic E-state index is 0.126. The van der Waals surface area contributed by atoms with Gasteiger partial charge in [0.05, 0.1) is 33.1 Å². The third-order valence-electron chi connectivity index (χ3n) is 7.02. The number of likely N-dealkylation sites (N-methyl/N-ethyl adjacent to an activating group) is 1. The Bertz CT molecular complexity index is 1550. The molecule has 1 heterocycles. The van der Waals surface area contributed by atoms with Crippen molar-refractivity contribution >= 4 is 28.9 Å². The van der Waals surface area contributed by atoms with E-state index in [9.17, 15) is 19.1 Å². The number of allylic oxidation sites excluding steroid dienone is 1. The summed E-state index contributed by atoms with van der Waals surface area (Å²) in [5, 5.41) is 21.9. The molecule has 3 aromatic rings. The van der Waals surface area contributed by atoms with Gasteiger partial charge in [0.1, 0.15) is 5.82 Å². The van der Waals surface area contributed by atoms with Gasteiger partial charge in [0, 0.05) is 55.3 Å². The Morgan fingerprint density at radius 3 is 2.49 bits per heavy atom. The molecule has 43 heavy (non-hydrogen) atoms. The predicted octanol–water partition coefficient (Wildman–Crippen LogP) is 4.71. The summed E-state index contributed by atoms with van der Waals surface area (Å²) in [6.07, 6.45) is 1.07. The molecule has 10 nitrogen and oxygen atoms in total. The number of anilines is 2. The van der Waals surface area contributed by atoms with Gasteiger partial charge in [-0.2, -0.15) is 0 Å². The van der Waals surface area contributed by atoms with Crippen molar-refractivity contribution in [3.63, 3.8) is 0 Å². The van der Waals surface area contributed by atoms with E-state index in [1.165, 1.54) is 38.3 Å². The van der Waals surface area contributed by atoms with Crippen molar-refractivity contribution in [3.8, 4) is 11.5 Å². The largest absolute Gasteiger partial charge is 0.503 e. The summed E-state index contributed by atoms with van der Waals surface area (Å²) < 4.78 is 30.3. The van der Waals surface area contributed by atoms with E-state index in [-0.39, 0.29) is 17.8 Å². The van der Waals surface area contributed by atoms with Crippen LogP contribution in [-0.2, 0) is 16.1 Å². The zero-order valence-electron chi connectivity index (χ0n) is 24.6. The van der Waals surface area contributed by atoms with E-state index in [2.05, 4.69) is 5.32 Å². The second kappa shape index (κ2) is 13.8. The molecule has 3 aromatic carbocycles. The van der Waals surface area contributed by atoms with Crippen LogP contribution in [0.15, 0.2) is 66.4 Å². The SMILES string of the molecule is COc1ccc(CN(C)C(=O)/C(O)=C/C(=N)c2cc(NC(=O)c3cc(F)cc(N4CCOCC4)c3)ccc2C)cc1OC. The first-order chi connectivity index (χ1) is 20.6. The van der Waals surface area contributed by atoms with Crippen molar-refractivity contribution in [2.24, 2.45) is 0 Å². The fourth-order valence-electron chi connectivity index (χ4n) is 4.70. The average molecular weight is 591 g/mol. The Hall–Kier alpha value is -4.90. The van der Waals surface area contributed by atoms with Gasteiger partial charge in [0.2, 0.25) is 0 Å². The molecule has 11 heteroatoms. The Morgan fingerprint density at radius 2 is 1.79 bits per heavy atom. The van der Waals surface area contributed by atoms with Crippen molar-refractivity contribution in [3.05, 3.63) is 94.5 Å². The van der Waals surface area contributed by atoms with Crippen LogP contribution in [-0.4, -0.2) is 75.1 Å². The molecule has 0 unspecified atom stereocenters. The maximum absolute atomic E-state index is 14.4. The van der Waals surface area contributed by atoms with Crippen molar-refractivity contribution in [1.29, 1.82) is 5.41 Å². The van der Waals surface area contributed by atoms with Crippen LogP contribution in [0.3, 0.4) is 0 Å². The molecule has 0 aliphatic carbocycles. The topological polar surface area (TPSA) is 124 Å². The number of aliphatic hydroxyl groups is 1. The smallest absolute Gasteiger partial charge is 0.288 e. The molecule has 0 bridgehead atoms. The third-order valence-corrected chi connectivity index (χ3v) is 7.02. The molecule has 1 aliphatic rings. The fourth-order valence-corrected chi connectivity index (χ4v) is 4.70. The molecule has 1 fully saturated rings. The van der Waals surface area contributed by atoms with Gasteiger partial charge < -0.3 is 39.8 Å². The van der Waals surface area contributed by atoms with Gasteiger partial charge >= 0.3 is 0 Å². The molecule has 2 amide bonds. The van der Waals surface area contributed by atoms with Crippen molar-refractivity contribution < 1.29 is 33.3 Å². The number of carbonyl (C=O) groups is 2. The second-order valence-electron chi connectivity index (χ2n) is 10.1. The van der Waals surface area contributed by atoms with E-state index in [4.69, 9.17) is 19.6 Å². The number of rotatable bonds is 10. The van der Waals surface area contributed by atoms with Crippen LogP contribution in [0.2, 0.25) is 0 Å². The standard InChI is InChI=1S/C32H35FN4O6/c1-20-5-7-24(35-31(39)22-14-23(33)16-25(15-22)37-9-11-43-12-10-37)17-26(20)27(34)18-28(38)32(40)36(2)19-21-6-8-29(41-3)30(13-21)42-4/h5-8,13-18,34,38H,9-12,19H2,1-4H3,(H,35,39)/b28-18-,34-27?. The van der Waals surface area contributed by atoms with Crippen LogP contribution >= 0.6 is 0 Å². The number of nitrogens with zero attached hydrogens (tertiary/aromatic N) is 2. The van der Waals surface area contributed by atoms with Gasteiger partial charge in [-0.15, -0.1) is 0 Å². The van der Waals surface area contributed by atoms with E-state index >= 15 is 0 Å². The van der Waals surface area contributed by atoms with Crippen LogP contribution in [0, 0.1) is 18.2 Å². The van der Waals surface area contributed by atoms with Gasteiger partial charge in [0.15, 0.2) is 17.3 Å². The minimum atomic E-state index is -0.677. The van der Waals surface area contributed by atoms with E-state index < -0.39 is 23.4 Å². The van der Waals surface area contributed by atoms with Gasteiger partial charge in [0.25, 0.3) is 11.8 Å². The number of halogens is 1. The highest BCUT2D eigenvalue weighted by molar-refractivity contribution is 6.12. The number of methoxy groups -OCH3 is 2. The summed E-state index contributed by atoms with van der Waals surface area (Å²) in [5.74, 6) is -1.26. The van der Waals surface area contributed by atoms with Gasteiger partial charge in [-0.3, -0.25) is 9.59 Å². The summed E-state index contributed by atoms with van der Waals surface area (Å²) in [7, 11) is 4.58. The molecule has 1 saturated heterocycles. The maximum atomic E-state index is 14.4. The highest BCUT2D eigenvalue weighted by Gasteiger charge is 2.19. The molecule has 4 rings (SSSR count). The van der Waals surface area contributed by atoms with Crippen molar-refractivity contribution in [2.75, 3.05) is 57.8 Å². The third kappa shape index (κ3) is 7.69. The Labute approximate surface area is 249 Å². The first kappa shape index (κ1) is 31.0. The van der Waals surface area contributed by atoms with Gasteiger partial charge in [-0.05, 0) is 60.5 Å². The number of nitrogens with one attached hydrogen (secondary N) is 2. The minimum Gasteiger partial charge on any atom is -0.503 e. The lowest BCUT2D eigenvalue weighted by molar-refractivity contribution is -0.129. The quantitative estimate of drug-likeness (QED) is 0.178. The molecule has 226 valence electrons. The number of morpholine rings is 1. The lowest BCUT2D eigenvalue weighted by Crippen LogP contribution is -2.36. The fraction of sp³-hybridized carbons (Fsp3) is 0.281. The van der Waals surface area contributed by atoms with Crippen LogP contribution in [0.1, 0.15) is 27.0 Å². The van der Waals surface area contributed by atoms with E-state index in [1.807, 2.05) is 4.90 Å². The number of benzene rings is 3. The number of aliphatic hydroxyl groups excluding tert-OH is 1. The van der Waals surface area contributed by atoms with Gasteiger partial charge in [-0.1, -0.05) is 12.1 Å². The molecule has 3 N–H and O–H groups in total. The zero-order chi connectivity index (χ0) is 31.1. The van der Waals surface area contributed by atoms with E-state index in [0.29, 0.717) is 60.3 Å². The Balaban J connectivity index is 1.46. The summed E-state index contributed by atoms with van der Waals surface area (Å²) in [5.41, 5.74) is 2.84. The lowest BCUT2D eigenvalue weighted by atomic mass is 10.0. The average Bonchev–Trinajstić information content (AvgIpc) is 3.01. The summed E-state index contributed by atoms with van der Waals surface area (Å²) >= 11 is 0. The first-order valence-electron chi connectivity index (χ1n) is 13.6. The number of hydrogen-bond donors (Lipinski definition) is 3. The second-order valence-corrected chi connectivity index (χ2v) is 10.1. The van der Waals surface area contributed by atoms with Crippen LogP contribution < -0.4 is 19.7 Å². The Kier molecular flexibility index (Phi) is 9.99. The lowest BCUT2D eigenvalue weighted by Gasteiger charge is -2.29. The van der Waals surface area contributed by atoms with Crippen molar-refractivity contribution in [2.45, 2.75) is 13.5 Å². The normalized spacial score (nSPS) is 13.3. The molecule has 0 saturated carbocycles. The number of hydrogen-bond acceptors (Lipinski definition) is 8. The van der Waals surface area contributed by atoms with Crippen LogP contribution in [0.4, 0.5) is 15.8 Å². The van der Waals surface area contributed by atoms with Crippen LogP contribution in [0.25, 0.3) is 0 Å². The first-order valence-corrected chi connectivity index (χ1v) is 13.6. The number of amides is 2. The molecule has 0 aromatic heterocycles. The monoisotopic (exact) mass is 590 g/mol. The Morgan fingerprint density at radius 1 is 1.07 bits per heavy atom. The zero-order valence-corrected chi connectivity index (χ0v) is 24.6. The van der Waals surface area contributed by atoms with E-state index in [1.54, 1.807) is 49.4 Å². The summed E-state index contributed by atoms with van der Waals surface area (Å²) in [6.45, 7) is 4.20. The van der Waals surface area contributed by atoms with Crippen molar-refractivity contribution in [1.82, 2.24) is 4.90 Å². The maximum Gasteiger partial charge on any atom is 0.288 e. The summed E-state index contributed by atoms with van der Waals surface area (Å²) in [4.78, 5) is 29.2. The number of aryl methyl sites for hydroxylation is 1. The molecule has 0 atom stereocenters. The molecule has 0 spiro atoms. The number of ether oxygens (including phenoxy) is 3. The number of carbonyl (C=O) groups excluding carboxylic acids is 2. The molecule has 1 aliphatic heterocycles. The molecular weight excluding hydrogens is 555 g/mol. The summed E-state index contributed by atoms with van der Waals surface area (Å²) in [6, 6.07) is 14.4. The molecule has 0 radical (unpaired) electrons. The predicted molar refractivity (Wildman–Crippen MR) is 162 cm³/mol. The van der Waals surface area contributed by atoms with Gasteiger partial charge in [-0.25, -0.2) is 4.39 Å². The highest BCUT2D eigenvalue weighted by Crippen LogP contribution is 2.28. The molecular formula is C32H35FN4O6. The van der Waals surface area contributed by atoms with Crippen LogP contribution in [0.5, 0.6) is 11.5 Å².